The first-order valence-corrected chi connectivity index (χ1v) is 5.06. The number of nitrogens with zero attached hydrogens (tertiary/aromatic N) is 1. The lowest BCUT2D eigenvalue weighted by Crippen LogP contribution is -2.40. The second kappa shape index (κ2) is 4.59. The topological polar surface area (TPSA) is 79.4 Å². The number of anilines is 1. The molecule has 0 saturated carbocycles. The molecule has 2 unspecified atom stereocenters. The van der Waals surface area contributed by atoms with Crippen LogP contribution in [-0.4, -0.2) is 26.9 Å². The second-order valence-corrected chi connectivity index (χ2v) is 4.01. The van der Waals surface area contributed by atoms with Gasteiger partial charge in [-0.05, 0) is 25.0 Å². The summed E-state index contributed by atoms with van der Waals surface area (Å²) in [6, 6.07) is 1.68. The number of hydrogen-bond acceptors (Lipinski definition) is 4. The van der Waals surface area contributed by atoms with Crippen molar-refractivity contribution in [2.75, 3.05) is 5.73 Å². The fourth-order valence-electron chi connectivity index (χ4n) is 1.27. The van der Waals surface area contributed by atoms with Crippen molar-refractivity contribution >= 4 is 5.69 Å². The number of pyridine rings is 1. The van der Waals surface area contributed by atoms with E-state index in [1.807, 2.05) is 6.92 Å². The first-order valence-electron chi connectivity index (χ1n) is 5.06. The molecule has 84 valence electrons. The predicted octanol–water partition coefficient (Wildman–Crippen LogP) is 0.728. The molecule has 0 saturated heterocycles. The van der Waals surface area contributed by atoms with E-state index in [2.05, 4.69) is 4.98 Å². The smallest absolute Gasteiger partial charge is 0.0878 e. The highest BCUT2D eigenvalue weighted by atomic mass is 16.3. The number of nitrogen functional groups attached to an aromatic ring is 1. The van der Waals surface area contributed by atoms with Gasteiger partial charge < -0.3 is 15.9 Å². The lowest BCUT2D eigenvalue weighted by molar-refractivity contribution is -0.0629. The molecule has 0 amide bonds. The Morgan fingerprint density at radius 3 is 2.80 bits per heavy atom. The van der Waals surface area contributed by atoms with E-state index < -0.39 is 11.7 Å². The van der Waals surface area contributed by atoms with E-state index in [1.165, 1.54) is 0 Å². The number of rotatable bonds is 4. The van der Waals surface area contributed by atoms with E-state index in [-0.39, 0.29) is 0 Å². The van der Waals surface area contributed by atoms with Crippen LogP contribution in [0.2, 0.25) is 0 Å². The van der Waals surface area contributed by atoms with Crippen molar-refractivity contribution < 1.29 is 10.2 Å². The highest BCUT2D eigenvalue weighted by Gasteiger charge is 2.28. The Morgan fingerprint density at radius 2 is 2.27 bits per heavy atom. The van der Waals surface area contributed by atoms with Crippen LogP contribution in [0.15, 0.2) is 18.5 Å². The lowest BCUT2D eigenvalue weighted by atomic mass is 9.91. The van der Waals surface area contributed by atoms with E-state index in [4.69, 9.17) is 5.73 Å². The summed E-state index contributed by atoms with van der Waals surface area (Å²) >= 11 is 0. The SMILES string of the molecule is CCC(C)(O)C(O)Cc1cnccc1N. The number of nitrogens with two attached hydrogens (primary N) is 1. The molecule has 1 aromatic rings. The third-order valence-corrected chi connectivity index (χ3v) is 2.79. The molecule has 1 rings (SSSR count). The Bertz CT molecular complexity index is 326. The molecule has 0 aliphatic heterocycles. The maximum Gasteiger partial charge on any atom is 0.0878 e. The summed E-state index contributed by atoms with van der Waals surface area (Å²) in [7, 11) is 0. The molecule has 0 spiro atoms. The van der Waals surface area contributed by atoms with Crippen LogP contribution in [0.4, 0.5) is 5.69 Å². The average molecular weight is 210 g/mol. The van der Waals surface area contributed by atoms with E-state index >= 15 is 0 Å². The molecule has 1 heterocycles. The van der Waals surface area contributed by atoms with Crippen molar-refractivity contribution in [2.45, 2.75) is 38.4 Å². The number of aliphatic hydroxyl groups excluding tert-OH is 1. The van der Waals surface area contributed by atoms with Crippen molar-refractivity contribution in [3.63, 3.8) is 0 Å². The molecule has 0 fully saturated rings. The van der Waals surface area contributed by atoms with Gasteiger partial charge in [-0.25, -0.2) is 0 Å². The highest BCUT2D eigenvalue weighted by Crippen LogP contribution is 2.20. The summed E-state index contributed by atoms with van der Waals surface area (Å²) < 4.78 is 0. The molecule has 0 radical (unpaired) electrons. The molecule has 0 aliphatic carbocycles. The van der Waals surface area contributed by atoms with Crippen LogP contribution in [0, 0.1) is 0 Å². The quantitative estimate of drug-likeness (QED) is 0.684. The van der Waals surface area contributed by atoms with E-state index in [1.54, 1.807) is 25.4 Å². The lowest BCUT2D eigenvalue weighted by Gasteiger charge is -2.27. The summed E-state index contributed by atoms with van der Waals surface area (Å²) in [5, 5.41) is 19.7. The Kier molecular flexibility index (Phi) is 3.66. The van der Waals surface area contributed by atoms with E-state index in [0.29, 0.717) is 18.5 Å². The molecule has 0 aliphatic rings. The molecular weight excluding hydrogens is 192 g/mol. The van der Waals surface area contributed by atoms with Crippen molar-refractivity contribution in [1.82, 2.24) is 4.98 Å². The zero-order valence-corrected chi connectivity index (χ0v) is 9.14. The summed E-state index contributed by atoms with van der Waals surface area (Å²) in [5.41, 5.74) is 6.00. The van der Waals surface area contributed by atoms with Gasteiger partial charge in [0.25, 0.3) is 0 Å². The largest absolute Gasteiger partial charge is 0.398 e. The van der Waals surface area contributed by atoms with Gasteiger partial charge in [-0.2, -0.15) is 0 Å². The monoisotopic (exact) mass is 210 g/mol. The van der Waals surface area contributed by atoms with Crippen LogP contribution < -0.4 is 5.73 Å². The van der Waals surface area contributed by atoms with Crippen molar-refractivity contribution in [1.29, 1.82) is 0 Å². The number of aliphatic hydroxyl groups is 2. The van der Waals surface area contributed by atoms with E-state index in [9.17, 15) is 10.2 Å². The minimum atomic E-state index is -1.08. The zero-order valence-electron chi connectivity index (χ0n) is 9.14. The zero-order chi connectivity index (χ0) is 11.5. The van der Waals surface area contributed by atoms with Crippen molar-refractivity contribution in [3.05, 3.63) is 24.0 Å². The van der Waals surface area contributed by atoms with Gasteiger partial charge in [0.2, 0.25) is 0 Å². The standard InChI is InChI=1S/C11H18N2O2/c1-3-11(2,15)10(14)6-8-7-13-5-4-9(8)12/h4-5,7,10,14-15H,3,6H2,1-2H3,(H2,12,13). The Balaban J connectivity index is 2.75. The summed E-state index contributed by atoms with van der Waals surface area (Å²) in [4.78, 5) is 3.93. The summed E-state index contributed by atoms with van der Waals surface area (Å²) in [6.45, 7) is 3.44. The van der Waals surface area contributed by atoms with Crippen LogP contribution in [0.3, 0.4) is 0 Å². The van der Waals surface area contributed by atoms with E-state index in [0.717, 1.165) is 5.56 Å². The van der Waals surface area contributed by atoms with Gasteiger partial charge in [-0.15, -0.1) is 0 Å². The Morgan fingerprint density at radius 1 is 1.60 bits per heavy atom. The summed E-state index contributed by atoms with van der Waals surface area (Å²) in [6.07, 6.45) is 3.21. The molecule has 15 heavy (non-hydrogen) atoms. The maximum absolute atomic E-state index is 9.83. The van der Waals surface area contributed by atoms with Crippen molar-refractivity contribution in [3.8, 4) is 0 Å². The summed E-state index contributed by atoms with van der Waals surface area (Å²) in [5.74, 6) is 0. The van der Waals surface area contributed by atoms with Gasteiger partial charge in [-0.3, -0.25) is 4.98 Å². The van der Waals surface area contributed by atoms with Gasteiger partial charge in [0.1, 0.15) is 0 Å². The normalized spacial score (nSPS) is 17.1. The fourth-order valence-corrected chi connectivity index (χ4v) is 1.27. The first-order chi connectivity index (χ1) is 6.97. The number of aromatic nitrogens is 1. The third-order valence-electron chi connectivity index (χ3n) is 2.79. The Hall–Kier alpha value is -1.13. The number of hydrogen-bond donors (Lipinski definition) is 3. The minimum Gasteiger partial charge on any atom is -0.398 e. The third kappa shape index (κ3) is 2.91. The van der Waals surface area contributed by atoms with Gasteiger partial charge >= 0.3 is 0 Å². The average Bonchev–Trinajstić information content (AvgIpc) is 2.21. The van der Waals surface area contributed by atoms with Crippen LogP contribution in [-0.2, 0) is 6.42 Å². The maximum atomic E-state index is 9.83. The molecule has 4 N–H and O–H groups in total. The molecule has 0 aromatic carbocycles. The molecular formula is C11H18N2O2. The van der Waals surface area contributed by atoms with Crippen LogP contribution in [0.5, 0.6) is 0 Å². The molecule has 0 bridgehead atoms. The molecule has 4 nitrogen and oxygen atoms in total. The highest BCUT2D eigenvalue weighted by molar-refractivity contribution is 5.44. The predicted molar refractivity (Wildman–Crippen MR) is 59.3 cm³/mol. The van der Waals surface area contributed by atoms with Crippen molar-refractivity contribution in [2.24, 2.45) is 0 Å². The van der Waals surface area contributed by atoms with Gasteiger partial charge in [-0.1, -0.05) is 6.92 Å². The Labute approximate surface area is 89.8 Å². The molecule has 2 atom stereocenters. The second-order valence-electron chi connectivity index (χ2n) is 4.01. The van der Waals surface area contributed by atoms with Gasteiger partial charge in [0.15, 0.2) is 0 Å². The first kappa shape index (κ1) is 11.9. The molecule has 1 aromatic heterocycles. The molecule has 4 heteroatoms. The minimum absolute atomic E-state index is 0.320. The van der Waals surface area contributed by atoms with Gasteiger partial charge in [0, 0.05) is 24.5 Å². The van der Waals surface area contributed by atoms with Gasteiger partial charge in [0.05, 0.1) is 11.7 Å². The van der Waals surface area contributed by atoms with Crippen LogP contribution >= 0.6 is 0 Å². The van der Waals surface area contributed by atoms with Crippen LogP contribution in [0.25, 0.3) is 0 Å². The fraction of sp³-hybridized carbons (Fsp3) is 0.545. The van der Waals surface area contributed by atoms with Crippen LogP contribution in [0.1, 0.15) is 25.8 Å².